The molecule has 0 amide bonds. The third-order valence-electron chi connectivity index (χ3n) is 3.90. The van der Waals surface area contributed by atoms with E-state index in [1.165, 1.54) is 6.07 Å². The summed E-state index contributed by atoms with van der Waals surface area (Å²) < 4.78 is 30.2. The van der Waals surface area contributed by atoms with E-state index in [1.54, 1.807) is 38.5 Å². The van der Waals surface area contributed by atoms with Crippen molar-refractivity contribution in [1.82, 2.24) is 5.32 Å². The molecular formula is C20H20FNO3. The first-order valence-corrected chi connectivity index (χ1v) is 7.96. The van der Waals surface area contributed by atoms with E-state index in [2.05, 4.69) is 5.32 Å². The lowest BCUT2D eigenvalue weighted by molar-refractivity contribution is 0.396. The highest BCUT2D eigenvalue weighted by atomic mass is 19.1. The van der Waals surface area contributed by atoms with Crippen LogP contribution in [0.3, 0.4) is 0 Å². The van der Waals surface area contributed by atoms with Gasteiger partial charge in [0.05, 0.1) is 26.3 Å². The summed E-state index contributed by atoms with van der Waals surface area (Å²) in [7, 11) is 3.27. The zero-order valence-electron chi connectivity index (χ0n) is 14.2. The fraction of sp³-hybridized carbons (Fsp3) is 0.200. The molecule has 0 saturated carbocycles. The minimum Gasteiger partial charge on any atom is -0.497 e. The van der Waals surface area contributed by atoms with Gasteiger partial charge in [-0.25, -0.2) is 4.39 Å². The molecule has 1 heterocycles. The van der Waals surface area contributed by atoms with Crippen LogP contribution in [0, 0.1) is 5.82 Å². The Labute approximate surface area is 146 Å². The topological polar surface area (TPSA) is 43.6 Å². The summed E-state index contributed by atoms with van der Waals surface area (Å²) in [5.41, 5.74) is 1.45. The lowest BCUT2D eigenvalue weighted by Crippen LogP contribution is -2.13. The second kappa shape index (κ2) is 7.85. The summed E-state index contributed by atoms with van der Waals surface area (Å²) in [6.07, 6.45) is 0. The van der Waals surface area contributed by atoms with Crippen LogP contribution in [0.25, 0.3) is 11.3 Å². The summed E-state index contributed by atoms with van der Waals surface area (Å²) in [4.78, 5) is 0. The highest BCUT2D eigenvalue weighted by Crippen LogP contribution is 2.26. The number of rotatable bonds is 7. The summed E-state index contributed by atoms with van der Waals surface area (Å²) >= 11 is 0. The van der Waals surface area contributed by atoms with Crippen molar-refractivity contribution in [3.63, 3.8) is 0 Å². The lowest BCUT2D eigenvalue weighted by atomic mass is 10.1. The SMILES string of the molecule is COc1ccc(OC)c(CNCc2ccc(-c3ccccc3F)o2)c1. The molecule has 1 N–H and O–H groups in total. The Kier molecular flexibility index (Phi) is 5.36. The zero-order valence-corrected chi connectivity index (χ0v) is 14.2. The Morgan fingerprint density at radius 3 is 2.56 bits per heavy atom. The summed E-state index contributed by atoms with van der Waals surface area (Å²) in [6, 6.07) is 15.9. The largest absolute Gasteiger partial charge is 0.497 e. The minimum atomic E-state index is -0.294. The number of nitrogens with one attached hydrogen (secondary N) is 1. The molecule has 5 heteroatoms. The molecule has 0 saturated heterocycles. The van der Waals surface area contributed by atoms with Gasteiger partial charge in [-0.2, -0.15) is 0 Å². The van der Waals surface area contributed by atoms with E-state index < -0.39 is 0 Å². The van der Waals surface area contributed by atoms with Crippen molar-refractivity contribution in [3.05, 3.63) is 71.7 Å². The molecule has 0 aliphatic rings. The van der Waals surface area contributed by atoms with Crippen LogP contribution in [0.1, 0.15) is 11.3 Å². The molecule has 0 fully saturated rings. The van der Waals surface area contributed by atoms with E-state index >= 15 is 0 Å². The van der Waals surface area contributed by atoms with Crippen LogP contribution < -0.4 is 14.8 Å². The van der Waals surface area contributed by atoms with Gasteiger partial charge in [0, 0.05) is 12.1 Å². The van der Waals surface area contributed by atoms with Crippen LogP contribution in [-0.2, 0) is 13.1 Å². The maximum atomic E-state index is 13.8. The van der Waals surface area contributed by atoms with E-state index in [4.69, 9.17) is 13.9 Å². The van der Waals surface area contributed by atoms with Gasteiger partial charge < -0.3 is 19.2 Å². The molecule has 0 radical (unpaired) electrons. The number of methoxy groups -OCH3 is 2. The molecule has 0 spiro atoms. The molecule has 1 aromatic heterocycles. The van der Waals surface area contributed by atoms with Gasteiger partial charge in [-0.3, -0.25) is 0 Å². The van der Waals surface area contributed by atoms with E-state index in [1.807, 2.05) is 24.3 Å². The van der Waals surface area contributed by atoms with Crippen LogP contribution in [0.15, 0.2) is 59.0 Å². The Morgan fingerprint density at radius 1 is 0.960 bits per heavy atom. The van der Waals surface area contributed by atoms with Gasteiger partial charge >= 0.3 is 0 Å². The maximum Gasteiger partial charge on any atom is 0.137 e. The van der Waals surface area contributed by atoms with E-state index in [0.29, 0.717) is 24.4 Å². The first-order valence-electron chi connectivity index (χ1n) is 7.96. The van der Waals surface area contributed by atoms with Crippen molar-refractivity contribution in [2.24, 2.45) is 0 Å². The zero-order chi connectivity index (χ0) is 17.6. The van der Waals surface area contributed by atoms with Gasteiger partial charge in [-0.05, 0) is 42.5 Å². The second-order valence-corrected chi connectivity index (χ2v) is 5.53. The van der Waals surface area contributed by atoms with Gasteiger partial charge in [0.1, 0.15) is 28.8 Å². The summed E-state index contributed by atoms with van der Waals surface area (Å²) in [5, 5.41) is 3.30. The molecule has 2 aromatic carbocycles. The number of ether oxygens (including phenoxy) is 2. The number of furan rings is 1. The highest BCUT2D eigenvalue weighted by Gasteiger charge is 2.10. The van der Waals surface area contributed by atoms with Crippen LogP contribution in [-0.4, -0.2) is 14.2 Å². The molecule has 3 rings (SSSR count). The van der Waals surface area contributed by atoms with E-state index in [0.717, 1.165) is 22.8 Å². The summed E-state index contributed by atoms with van der Waals surface area (Å²) in [6.45, 7) is 1.12. The Hall–Kier alpha value is -2.79. The molecule has 130 valence electrons. The first kappa shape index (κ1) is 17.0. The van der Waals surface area contributed by atoms with Crippen LogP contribution >= 0.6 is 0 Å². The number of hydrogen-bond donors (Lipinski definition) is 1. The van der Waals surface area contributed by atoms with Gasteiger partial charge in [0.25, 0.3) is 0 Å². The van der Waals surface area contributed by atoms with Gasteiger partial charge in [-0.15, -0.1) is 0 Å². The Balaban J connectivity index is 1.65. The van der Waals surface area contributed by atoms with Gasteiger partial charge in [-0.1, -0.05) is 12.1 Å². The maximum absolute atomic E-state index is 13.8. The van der Waals surface area contributed by atoms with Crippen molar-refractivity contribution in [2.75, 3.05) is 14.2 Å². The summed E-state index contributed by atoms with van der Waals surface area (Å²) in [5.74, 6) is 2.53. The Bertz CT molecular complexity index is 844. The van der Waals surface area contributed by atoms with Crippen LogP contribution in [0.4, 0.5) is 4.39 Å². The van der Waals surface area contributed by atoms with Crippen molar-refractivity contribution in [1.29, 1.82) is 0 Å². The normalized spacial score (nSPS) is 10.7. The Morgan fingerprint density at radius 2 is 1.80 bits per heavy atom. The first-order chi connectivity index (χ1) is 12.2. The molecule has 0 aliphatic carbocycles. The molecule has 0 bridgehead atoms. The predicted octanol–water partition coefficient (Wildman–Crippen LogP) is 4.39. The van der Waals surface area contributed by atoms with E-state index in [-0.39, 0.29) is 5.82 Å². The van der Waals surface area contributed by atoms with Gasteiger partial charge in [0.2, 0.25) is 0 Å². The van der Waals surface area contributed by atoms with Crippen LogP contribution in [0.2, 0.25) is 0 Å². The number of hydrogen-bond acceptors (Lipinski definition) is 4. The molecule has 0 unspecified atom stereocenters. The molecule has 0 atom stereocenters. The second-order valence-electron chi connectivity index (χ2n) is 5.53. The molecule has 3 aromatic rings. The molecule has 25 heavy (non-hydrogen) atoms. The number of halogens is 1. The molecular weight excluding hydrogens is 321 g/mol. The average Bonchev–Trinajstić information content (AvgIpc) is 3.10. The van der Waals surface area contributed by atoms with Crippen molar-refractivity contribution in [3.8, 4) is 22.8 Å². The number of benzene rings is 2. The van der Waals surface area contributed by atoms with E-state index in [9.17, 15) is 4.39 Å². The fourth-order valence-electron chi connectivity index (χ4n) is 2.62. The van der Waals surface area contributed by atoms with Crippen LogP contribution in [0.5, 0.6) is 11.5 Å². The quantitative estimate of drug-likeness (QED) is 0.692. The standard InChI is InChI=1S/C20H20FNO3/c1-23-15-7-9-19(24-2)14(11-15)12-22-13-16-8-10-20(25-16)17-5-3-4-6-18(17)21/h3-11,22H,12-13H2,1-2H3. The van der Waals surface area contributed by atoms with Crippen molar-refractivity contribution in [2.45, 2.75) is 13.1 Å². The smallest absolute Gasteiger partial charge is 0.137 e. The minimum absolute atomic E-state index is 0.294. The molecule has 4 nitrogen and oxygen atoms in total. The average molecular weight is 341 g/mol. The van der Waals surface area contributed by atoms with Crippen molar-refractivity contribution >= 4 is 0 Å². The van der Waals surface area contributed by atoms with Crippen molar-refractivity contribution < 1.29 is 18.3 Å². The monoisotopic (exact) mass is 341 g/mol. The third kappa shape index (κ3) is 4.00. The fourth-order valence-corrected chi connectivity index (χ4v) is 2.62. The molecule has 0 aliphatic heterocycles. The highest BCUT2D eigenvalue weighted by molar-refractivity contribution is 5.58. The third-order valence-corrected chi connectivity index (χ3v) is 3.90. The lowest BCUT2D eigenvalue weighted by Gasteiger charge is -2.11. The van der Waals surface area contributed by atoms with Gasteiger partial charge in [0.15, 0.2) is 0 Å². The predicted molar refractivity (Wildman–Crippen MR) is 94.2 cm³/mol.